The number of amides is 1. The van der Waals surface area contributed by atoms with E-state index < -0.39 is 0 Å². The monoisotopic (exact) mass is 335 g/mol. The average Bonchev–Trinajstić information content (AvgIpc) is 3.33. The molecule has 2 saturated heterocycles. The first-order valence-corrected chi connectivity index (χ1v) is 9.76. The Morgan fingerprint density at radius 1 is 1.09 bits per heavy atom. The molecule has 1 aliphatic carbocycles. The molecule has 0 aromatic carbocycles. The van der Waals surface area contributed by atoms with Crippen LogP contribution in [0.25, 0.3) is 0 Å². The average molecular weight is 335 g/mol. The van der Waals surface area contributed by atoms with Crippen LogP contribution in [0, 0.1) is 5.92 Å². The highest BCUT2D eigenvalue weighted by molar-refractivity contribution is 7.11. The largest absolute Gasteiger partial charge is 0.467 e. The van der Waals surface area contributed by atoms with Crippen LogP contribution in [-0.2, 0) is 4.79 Å². The molecule has 0 bridgehead atoms. The van der Waals surface area contributed by atoms with Crippen LogP contribution in [0.15, 0.2) is 11.6 Å². The van der Waals surface area contributed by atoms with Gasteiger partial charge in [0.05, 0.1) is 0 Å². The maximum atomic E-state index is 12.1. The fraction of sp³-hybridized carbons (Fsp3) is 0.765. The quantitative estimate of drug-likeness (QED) is 0.847. The molecule has 0 unspecified atom stereocenters. The summed E-state index contributed by atoms with van der Waals surface area (Å²) in [6.07, 6.45) is 8.78. The highest BCUT2D eigenvalue weighted by Gasteiger charge is 2.36. The zero-order chi connectivity index (χ0) is 15.6. The summed E-state index contributed by atoms with van der Waals surface area (Å²) >= 11 is 1.57. The number of hydrogen-bond donors (Lipinski definition) is 0. The van der Waals surface area contributed by atoms with Crippen molar-refractivity contribution in [1.82, 2.24) is 14.8 Å². The van der Waals surface area contributed by atoms with Crippen molar-refractivity contribution < 1.29 is 9.53 Å². The van der Waals surface area contributed by atoms with Crippen LogP contribution in [0.4, 0.5) is 0 Å². The minimum atomic E-state index is 0.314. The lowest BCUT2D eigenvalue weighted by Crippen LogP contribution is -2.50. The van der Waals surface area contributed by atoms with Gasteiger partial charge in [0.15, 0.2) is 0 Å². The summed E-state index contributed by atoms with van der Waals surface area (Å²) in [6, 6.07) is 0.652. The van der Waals surface area contributed by atoms with E-state index in [1.807, 2.05) is 5.38 Å². The second-order valence-electron chi connectivity index (χ2n) is 6.98. The molecule has 1 aromatic rings. The number of hydrogen-bond acceptors (Lipinski definition) is 5. The first-order chi connectivity index (χ1) is 11.3. The van der Waals surface area contributed by atoms with Gasteiger partial charge in [-0.05, 0) is 38.5 Å². The van der Waals surface area contributed by atoms with E-state index in [1.54, 1.807) is 17.5 Å². The molecule has 1 amide bonds. The Bertz CT molecular complexity index is 516. The molecule has 2 aliphatic heterocycles. The van der Waals surface area contributed by atoms with Gasteiger partial charge in [0, 0.05) is 49.7 Å². The second kappa shape index (κ2) is 6.77. The SMILES string of the molecule is O=C(C1CC1)N1CCC(N2CCC(Oc3nccs3)CC2)CC1. The van der Waals surface area contributed by atoms with Gasteiger partial charge in [-0.15, -0.1) is 0 Å². The summed E-state index contributed by atoms with van der Waals surface area (Å²) in [7, 11) is 0. The van der Waals surface area contributed by atoms with Gasteiger partial charge in [0.2, 0.25) is 5.91 Å². The first kappa shape index (κ1) is 15.4. The topological polar surface area (TPSA) is 45.7 Å². The Morgan fingerprint density at radius 2 is 1.83 bits per heavy atom. The number of likely N-dealkylation sites (tertiary alicyclic amines) is 2. The third kappa shape index (κ3) is 3.69. The van der Waals surface area contributed by atoms with E-state index in [1.165, 1.54) is 0 Å². The maximum absolute atomic E-state index is 12.1. The fourth-order valence-electron chi connectivity index (χ4n) is 3.81. The molecule has 5 nitrogen and oxygen atoms in total. The summed E-state index contributed by atoms with van der Waals surface area (Å²) < 4.78 is 5.94. The maximum Gasteiger partial charge on any atom is 0.273 e. The molecule has 126 valence electrons. The molecule has 6 heteroatoms. The van der Waals surface area contributed by atoms with E-state index in [9.17, 15) is 4.79 Å². The van der Waals surface area contributed by atoms with Gasteiger partial charge in [-0.1, -0.05) is 11.3 Å². The predicted molar refractivity (Wildman–Crippen MR) is 89.7 cm³/mol. The third-order valence-electron chi connectivity index (χ3n) is 5.37. The number of rotatable bonds is 4. The Labute approximate surface area is 141 Å². The summed E-state index contributed by atoms with van der Waals surface area (Å²) in [5.74, 6) is 0.782. The fourth-order valence-corrected chi connectivity index (χ4v) is 4.36. The number of nitrogens with zero attached hydrogens (tertiary/aromatic N) is 3. The predicted octanol–water partition coefficient (Wildman–Crippen LogP) is 2.39. The number of carbonyl (C=O) groups is 1. The zero-order valence-electron chi connectivity index (χ0n) is 13.5. The number of piperidine rings is 2. The molecule has 0 radical (unpaired) electrons. The molecule has 3 heterocycles. The molecular weight excluding hydrogens is 310 g/mol. The van der Waals surface area contributed by atoms with Gasteiger partial charge in [-0.2, -0.15) is 0 Å². The van der Waals surface area contributed by atoms with Crippen LogP contribution < -0.4 is 4.74 Å². The molecule has 0 atom stereocenters. The van der Waals surface area contributed by atoms with Gasteiger partial charge in [0.1, 0.15) is 6.10 Å². The molecule has 0 spiro atoms. The minimum Gasteiger partial charge on any atom is -0.467 e. The minimum absolute atomic E-state index is 0.314. The van der Waals surface area contributed by atoms with E-state index in [0.29, 0.717) is 24.0 Å². The lowest BCUT2D eigenvalue weighted by atomic mass is 9.98. The van der Waals surface area contributed by atoms with Crippen molar-refractivity contribution in [3.05, 3.63) is 11.6 Å². The first-order valence-electron chi connectivity index (χ1n) is 8.88. The van der Waals surface area contributed by atoms with Gasteiger partial charge in [-0.25, -0.2) is 4.98 Å². The summed E-state index contributed by atoms with van der Waals surface area (Å²) in [6.45, 7) is 4.12. The van der Waals surface area contributed by atoms with Crippen molar-refractivity contribution in [2.45, 2.75) is 50.7 Å². The van der Waals surface area contributed by atoms with Gasteiger partial charge in [0.25, 0.3) is 5.19 Å². The smallest absolute Gasteiger partial charge is 0.273 e. The lowest BCUT2D eigenvalue weighted by Gasteiger charge is -2.41. The molecular formula is C17H25N3O2S. The normalized spacial score (nSPS) is 24.8. The zero-order valence-corrected chi connectivity index (χ0v) is 14.3. The van der Waals surface area contributed by atoms with Gasteiger partial charge in [-0.3, -0.25) is 9.69 Å². The lowest BCUT2D eigenvalue weighted by molar-refractivity contribution is -0.134. The van der Waals surface area contributed by atoms with E-state index in [-0.39, 0.29) is 0 Å². The van der Waals surface area contributed by atoms with Gasteiger partial charge < -0.3 is 9.64 Å². The number of aromatic nitrogens is 1. The van der Waals surface area contributed by atoms with Crippen molar-refractivity contribution >= 4 is 17.2 Å². The highest BCUT2D eigenvalue weighted by Crippen LogP contribution is 2.32. The molecule has 3 fully saturated rings. The van der Waals surface area contributed by atoms with Crippen LogP contribution in [-0.4, -0.2) is 59.0 Å². The standard InChI is InChI=1S/C17H25N3O2S/c21-16(13-1-2-13)20-8-3-14(4-9-20)19-10-5-15(6-11-19)22-17-18-7-12-23-17/h7,12-15H,1-6,8-11H2. The second-order valence-corrected chi connectivity index (χ2v) is 7.84. The highest BCUT2D eigenvalue weighted by atomic mass is 32.1. The molecule has 23 heavy (non-hydrogen) atoms. The van der Waals surface area contributed by atoms with Crippen LogP contribution in [0.5, 0.6) is 5.19 Å². The van der Waals surface area contributed by atoms with E-state index in [0.717, 1.165) is 69.9 Å². The summed E-state index contributed by atoms with van der Waals surface area (Å²) in [4.78, 5) is 21.1. The number of thiazole rings is 1. The molecule has 0 N–H and O–H groups in total. The number of carbonyl (C=O) groups excluding carboxylic acids is 1. The molecule has 3 aliphatic rings. The van der Waals surface area contributed by atoms with E-state index in [4.69, 9.17) is 4.74 Å². The Kier molecular flexibility index (Phi) is 4.53. The Hall–Kier alpha value is -1.14. The van der Waals surface area contributed by atoms with Crippen molar-refractivity contribution in [2.24, 2.45) is 5.92 Å². The van der Waals surface area contributed by atoms with Crippen molar-refractivity contribution in [1.29, 1.82) is 0 Å². The van der Waals surface area contributed by atoms with Crippen molar-refractivity contribution in [2.75, 3.05) is 26.2 Å². The van der Waals surface area contributed by atoms with Crippen LogP contribution in [0.3, 0.4) is 0 Å². The van der Waals surface area contributed by atoms with Crippen molar-refractivity contribution in [3.63, 3.8) is 0 Å². The van der Waals surface area contributed by atoms with Crippen LogP contribution >= 0.6 is 11.3 Å². The summed E-state index contributed by atoms with van der Waals surface area (Å²) in [5.41, 5.74) is 0. The summed E-state index contributed by atoms with van der Waals surface area (Å²) in [5, 5.41) is 2.76. The molecule has 1 aromatic heterocycles. The van der Waals surface area contributed by atoms with Crippen molar-refractivity contribution in [3.8, 4) is 5.19 Å². The van der Waals surface area contributed by atoms with Gasteiger partial charge >= 0.3 is 0 Å². The van der Waals surface area contributed by atoms with E-state index in [2.05, 4.69) is 14.8 Å². The Balaban J connectivity index is 1.21. The molecule has 4 rings (SSSR count). The van der Waals surface area contributed by atoms with E-state index >= 15 is 0 Å². The van der Waals surface area contributed by atoms with Crippen LogP contribution in [0.2, 0.25) is 0 Å². The number of ether oxygens (including phenoxy) is 1. The Morgan fingerprint density at radius 3 is 2.43 bits per heavy atom. The third-order valence-corrected chi connectivity index (χ3v) is 6.03. The van der Waals surface area contributed by atoms with Crippen LogP contribution in [0.1, 0.15) is 38.5 Å². The molecule has 1 saturated carbocycles.